The smallest absolute Gasteiger partial charge is 0.207 e. The maximum atomic E-state index is 9.49. The number of nitrogens with one attached hydrogen (secondary N) is 1. The maximum Gasteiger partial charge on any atom is 0.207 e. The third kappa shape index (κ3) is 4.90. The number of nitrogens with two attached hydrogens (primary N) is 1. The van der Waals surface area contributed by atoms with E-state index in [0.717, 1.165) is 35.3 Å². The molecule has 1 fully saturated rings. The van der Waals surface area contributed by atoms with Gasteiger partial charge < -0.3 is 30.7 Å². The predicted octanol–water partition coefficient (Wildman–Crippen LogP) is 2.73. The number of benzene rings is 2. The average Bonchev–Trinajstić information content (AvgIpc) is 3.52. The molecule has 1 aliphatic heterocycles. The molecule has 2 atom stereocenters. The molecule has 1 aliphatic rings. The minimum atomic E-state index is -0.291. The Hall–Kier alpha value is -3.73. The summed E-state index contributed by atoms with van der Waals surface area (Å²) >= 11 is 0. The van der Waals surface area contributed by atoms with Gasteiger partial charge in [-0.05, 0) is 41.7 Å². The molecule has 0 unspecified atom stereocenters. The molecule has 2 aromatic heterocycles. The molecule has 3 heterocycles. The van der Waals surface area contributed by atoms with Gasteiger partial charge in [-0.15, -0.1) is 0 Å². The lowest BCUT2D eigenvalue weighted by molar-refractivity contribution is -0.0197. The Labute approximate surface area is 202 Å². The second kappa shape index (κ2) is 10.3. The summed E-state index contributed by atoms with van der Waals surface area (Å²) in [5, 5.41) is 21.8. The number of ether oxygens (including phenoxy) is 2. The first-order chi connectivity index (χ1) is 17.2. The van der Waals surface area contributed by atoms with Crippen LogP contribution in [0.25, 0.3) is 22.3 Å². The van der Waals surface area contributed by atoms with Gasteiger partial charge in [-0.1, -0.05) is 36.4 Å². The molecule has 1 saturated heterocycles. The van der Waals surface area contributed by atoms with E-state index in [2.05, 4.69) is 44.5 Å². The van der Waals surface area contributed by atoms with Crippen molar-refractivity contribution in [2.75, 3.05) is 30.9 Å². The minimum absolute atomic E-state index is 0.00876. The molecule has 35 heavy (non-hydrogen) atoms. The fraction of sp³-hybridized carbons (Fsp3) is 0.320. The molecule has 5 rings (SSSR count). The van der Waals surface area contributed by atoms with Crippen molar-refractivity contribution in [2.45, 2.75) is 31.7 Å². The number of aromatic nitrogens is 4. The molecule has 0 aliphatic carbocycles. The Balaban J connectivity index is 1.32. The van der Waals surface area contributed by atoms with Gasteiger partial charge in [0.15, 0.2) is 17.0 Å². The fourth-order valence-corrected chi connectivity index (χ4v) is 4.24. The monoisotopic (exact) mass is 476 g/mol. The van der Waals surface area contributed by atoms with Crippen LogP contribution in [0.5, 0.6) is 5.75 Å². The van der Waals surface area contributed by atoms with E-state index in [4.69, 9.17) is 20.3 Å². The summed E-state index contributed by atoms with van der Waals surface area (Å²) in [6.07, 6.45) is 2.43. The number of hydrogen-bond donors (Lipinski definition) is 4. The first-order valence-electron chi connectivity index (χ1n) is 11.6. The lowest BCUT2D eigenvalue weighted by Crippen LogP contribution is -2.17. The van der Waals surface area contributed by atoms with Gasteiger partial charge in [0.05, 0.1) is 19.3 Å². The highest BCUT2D eigenvalue weighted by molar-refractivity contribution is 5.84. The molecule has 4 aromatic rings. The van der Waals surface area contributed by atoms with Crippen molar-refractivity contribution in [3.63, 3.8) is 0 Å². The highest BCUT2D eigenvalue weighted by Gasteiger charge is 2.30. The van der Waals surface area contributed by atoms with Crippen LogP contribution >= 0.6 is 0 Å². The van der Waals surface area contributed by atoms with Gasteiger partial charge in [0.1, 0.15) is 24.9 Å². The quantitative estimate of drug-likeness (QED) is 0.287. The summed E-state index contributed by atoms with van der Waals surface area (Å²) in [7, 11) is 0. The minimum Gasteiger partial charge on any atom is -0.491 e. The summed E-state index contributed by atoms with van der Waals surface area (Å²) in [4.78, 5) is 13.1. The number of anilines is 2. The zero-order valence-corrected chi connectivity index (χ0v) is 19.2. The number of fused-ring (bicyclic) bond motifs is 1. The molecule has 0 bridgehead atoms. The van der Waals surface area contributed by atoms with Gasteiger partial charge in [0.25, 0.3) is 0 Å². The number of hydrogen-bond acceptors (Lipinski definition) is 9. The number of nitrogens with zero attached hydrogens (tertiary/aromatic N) is 4. The first kappa shape index (κ1) is 23.0. The van der Waals surface area contributed by atoms with Crippen LogP contribution < -0.4 is 15.8 Å². The van der Waals surface area contributed by atoms with E-state index in [1.165, 1.54) is 6.33 Å². The molecule has 2 aromatic carbocycles. The summed E-state index contributed by atoms with van der Waals surface area (Å²) in [5.41, 5.74) is 10.4. The van der Waals surface area contributed by atoms with Crippen LogP contribution in [0, 0.1) is 0 Å². The summed E-state index contributed by atoms with van der Waals surface area (Å²) in [6, 6.07) is 16.0. The lowest BCUT2D eigenvalue weighted by atomic mass is 10.0. The summed E-state index contributed by atoms with van der Waals surface area (Å²) in [6.45, 7) is 0.795. The lowest BCUT2D eigenvalue weighted by Gasteiger charge is -2.17. The van der Waals surface area contributed by atoms with Crippen LogP contribution in [0.3, 0.4) is 0 Å². The predicted molar refractivity (Wildman–Crippen MR) is 132 cm³/mol. The van der Waals surface area contributed by atoms with Gasteiger partial charge in [0.2, 0.25) is 5.95 Å². The standard InChI is InChI=1S/C25H28N6O4/c26-23-22-24(29-15-28-23)31(21-10-9-20(14-33)35-21)25(30-22)27-13-16-1-3-17(4-2-16)18-5-7-19(8-6-18)34-12-11-32/h1-8,15,20-21,32-33H,9-14H2,(H,27,30)(H2,26,28,29)/t20-,21+/m0/s1. The Kier molecular flexibility index (Phi) is 6.75. The van der Waals surface area contributed by atoms with E-state index in [1.54, 1.807) is 0 Å². The number of aliphatic hydroxyl groups is 2. The second-order valence-electron chi connectivity index (χ2n) is 8.36. The normalized spacial score (nSPS) is 17.7. The van der Waals surface area contributed by atoms with E-state index in [0.29, 0.717) is 29.5 Å². The van der Waals surface area contributed by atoms with E-state index < -0.39 is 0 Å². The van der Waals surface area contributed by atoms with E-state index >= 15 is 0 Å². The Morgan fingerprint density at radius 1 is 1.03 bits per heavy atom. The third-order valence-electron chi connectivity index (χ3n) is 6.03. The number of nitrogen functional groups attached to an aromatic ring is 1. The highest BCUT2D eigenvalue weighted by atomic mass is 16.5. The van der Waals surface area contributed by atoms with Crippen molar-refractivity contribution in [1.29, 1.82) is 0 Å². The molecular formula is C25H28N6O4. The number of imidazole rings is 1. The molecule has 0 spiro atoms. The SMILES string of the molecule is Nc1ncnc2c1nc(NCc1ccc(-c3ccc(OCCO)cc3)cc1)n2[C@H]1CC[C@@H](CO)O1. The zero-order chi connectivity index (χ0) is 24.2. The van der Waals surface area contributed by atoms with Crippen molar-refractivity contribution in [3.05, 3.63) is 60.4 Å². The van der Waals surface area contributed by atoms with Gasteiger partial charge in [-0.3, -0.25) is 4.57 Å². The largest absolute Gasteiger partial charge is 0.491 e. The zero-order valence-electron chi connectivity index (χ0n) is 19.2. The highest BCUT2D eigenvalue weighted by Crippen LogP contribution is 2.34. The molecule has 10 heteroatoms. The molecule has 5 N–H and O–H groups in total. The molecule has 0 radical (unpaired) electrons. The molecule has 10 nitrogen and oxygen atoms in total. The Morgan fingerprint density at radius 3 is 2.46 bits per heavy atom. The summed E-state index contributed by atoms with van der Waals surface area (Å²) in [5.74, 6) is 1.64. The van der Waals surface area contributed by atoms with Crippen molar-refractivity contribution >= 4 is 22.9 Å². The van der Waals surface area contributed by atoms with Crippen LogP contribution in [0.4, 0.5) is 11.8 Å². The van der Waals surface area contributed by atoms with Crippen LogP contribution in [0.2, 0.25) is 0 Å². The van der Waals surface area contributed by atoms with E-state index in [1.807, 2.05) is 28.8 Å². The first-order valence-corrected chi connectivity index (χ1v) is 11.6. The van der Waals surface area contributed by atoms with Crippen molar-refractivity contribution in [2.24, 2.45) is 0 Å². The molecule has 182 valence electrons. The van der Waals surface area contributed by atoms with Crippen LogP contribution in [0.1, 0.15) is 24.6 Å². The average molecular weight is 477 g/mol. The van der Waals surface area contributed by atoms with Gasteiger partial charge in [0, 0.05) is 6.54 Å². The maximum absolute atomic E-state index is 9.49. The fourth-order valence-electron chi connectivity index (χ4n) is 4.24. The number of rotatable bonds is 9. The van der Waals surface area contributed by atoms with Gasteiger partial charge in [-0.25, -0.2) is 15.0 Å². The van der Waals surface area contributed by atoms with Gasteiger partial charge >= 0.3 is 0 Å². The Morgan fingerprint density at radius 2 is 1.77 bits per heavy atom. The second-order valence-corrected chi connectivity index (χ2v) is 8.36. The molecule has 0 amide bonds. The van der Waals surface area contributed by atoms with Crippen molar-refractivity contribution in [1.82, 2.24) is 19.5 Å². The van der Waals surface area contributed by atoms with Crippen molar-refractivity contribution in [3.8, 4) is 16.9 Å². The van der Waals surface area contributed by atoms with Crippen molar-refractivity contribution < 1.29 is 19.7 Å². The topological polar surface area (TPSA) is 141 Å². The Bertz CT molecular complexity index is 1280. The number of aliphatic hydroxyl groups excluding tert-OH is 2. The van der Waals surface area contributed by atoms with Crippen LogP contribution in [0.15, 0.2) is 54.9 Å². The van der Waals surface area contributed by atoms with Crippen LogP contribution in [-0.4, -0.2) is 55.7 Å². The summed E-state index contributed by atoms with van der Waals surface area (Å²) < 4.78 is 13.3. The van der Waals surface area contributed by atoms with Crippen LogP contribution in [-0.2, 0) is 11.3 Å². The van der Waals surface area contributed by atoms with E-state index in [-0.39, 0.29) is 32.2 Å². The van der Waals surface area contributed by atoms with E-state index in [9.17, 15) is 5.11 Å². The third-order valence-corrected chi connectivity index (χ3v) is 6.03. The molecular weight excluding hydrogens is 448 g/mol. The van der Waals surface area contributed by atoms with Gasteiger partial charge in [-0.2, -0.15) is 0 Å². The molecule has 0 saturated carbocycles.